The Hall–Kier alpha value is -1.73. The predicted octanol–water partition coefficient (Wildman–Crippen LogP) is 5.36. The fourth-order valence-corrected chi connectivity index (χ4v) is 2.90. The second-order valence-electron chi connectivity index (χ2n) is 6.43. The third kappa shape index (κ3) is 4.32. The summed E-state index contributed by atoms with van der Waals surface area (Å²) in [6, 6.07) is 5.75. The maximum absolute atomic E-state index is 12.9. The van der Waals surface area contributed by atoms with Crippen LogP contribution in [0.3, 0.4) is 0 Å². The van der Waals surface area contributed by atoms with Crippen molar-refractivity contribution >= 4 is 34.8 Å². The van der Waals surface area contributed by atoms with Gasteiger partial charge in [0, 0.05) is 17.3 Å². The lowest BCUT2D eigenvalue weighted by Gasteiger charge is -2.14. The first-order valence-electron chi connectivity index (χ1n) is 8.06. The molecular weight excluding hydrogens is 390 g/mol. The molecular formula is C17H16Cl2F3N3O. The number of nitrogens with one attached hydrogen (secondary N) is 1. The monoisotopic (exact) mass is 405 g/mol. The lowest BCUT2D eigenvalue weighted by atomic mass is 10.1. The maximum Gasteiger partial charge on any atom is 0.435 e. The van der Waals surface area contributed by atoms with Crippen molar-refractivity contribution in [3.05, 3.63) is 45.7 Å². The molecule has 1 unspecified atom stereocenters. The molecule has 0 spiro atoms. The topological polar surface area (TPSA) is 46.9 Å². The molecule has 1 aliphatic rings. The molecule has 4 nitrogen and oxygen atoms in total. The molecule has 0 aliphatic heterocycles. The highest BCUT2D eigenvalue weighted by atomic mass is 35.5. The van der Waals surface area contributed by atoms with Gasteiger partial charge in [0.05, 0.1) is 22.5 Å². The second-order valence-corrected chi connectivity index (χ2v) is 7.24. The van der Waals surface area contributed by atoms with Crippen molar-refractivity contribution in [2.24, 2.45) is 5.92 Å². The molecule has 1 aromatic carbocycles. The van der Waals surface area contributed by atoms with Crippen LogP contribution in [0.4, 0.5) is 18.9 Å². The molecule has 2 aromatic rings. The van der Waals surface area contributed by atoms with Crippen LogP contribution in [0.2, 0.25) is 10.0 Å². The van der Waals surface area contributed by atoms with E-state index in [1.807, 2.05) is 0 Å². The fraction of sp³-hybridized carbons (Fsp3) is 0.412. The zero-order valence-corrected chi connectivity index (χ0v) is 15.3. The summed E-state index contributed by atoms with van der Waals surface area (Å²) in [4.78, 5) is 12.4. The highest BCUT2D eigenvalue weighted by Gasteiger charge is 2.38. The van der Waals surface area contributed by atoms with Crippen LogP contribution in [0.5, 0.6) is 0 Å². The quantitative estimate of drug-likeness (QED) is 0.727. The normalized spacial score (nSPS) is 15.8. The molecule has 1 saturated carbocycles. The number of amides is 1. The van der Waals surface area contributed by atoms with Crippen molar-refractivity contribution in [3.63, 3.8) is 0 Å². The van der Waals surface area contributed by atoms with Crippen molar-refractivity contribution in [1.29, 1.82) is 0 Å². The zero-order valence-electron chi connectivity index (χ0n) is 13.8. The van der Waals surface area contributed by atoms with Gasteiger partial charge in [0.2, 0.25) is 5.91 Å². The molecule has 1 aromatic heterocycles. The Balaban J connectivity index is 1.72. The number of alkyl halides is 3. The average molecular weight is 406 g/mol. The van der Waals surface area contributed by atoms with E-state index in [9.17, 15) is 18.0 Å². The predicted molar refractivity (Wildman–Crippen MR) is 93.5 cm³/mol. The molecule has 3 rings (SSSR count). The number of halogens is 5. The van der Waals surface area contributed by atoms with Crippen LogP contribution in [-0.4, -0.2) is 15.7 Å². The lowest BCUT2D eigenvalue weighted by Crippen LogP contribution is -2.25. The van der Waals surface area contributed by atoms with Gasteiger partial charge < -0.3 is 5.32 Å². The second kappa shape index (κ2) is 7.12. The van der Waals surface area contributed by atoms with Gasteiger partial charge in [-0.25, -0.2) is 0 Å². The van der Waals surface area contributed by atoms with E-state index in [-0.39, 0.29) is 18.4 Å². The van der Waals surface area contributed by atoms with E-state index in [1.54, 1.807) is 19.1 Å². The van der Waals surface area contributed by atoms with Crippen LogP contribution in [-0.2, 0) is 17.5 Å². The number of carbonyl (C=O) groups excluding carboxylic acids is 1. The van der Waals surface area contributed by atoms with Gasteiger partial charge in [-0.3, -0.25) is 9.48 Å². The molecule has 1 amide bonds. The average Bonchev–Trinajstić information content (AvgIpc) is 3.30. The first kappa shape index (κ1) is 19.0. The van der Waals surface area contributed by atoms with E-state index >= 15 is 0 Å². The van der Waals surface area contributed by atoms with Crippen molar-refractivity contribution < 1.29 is 18.0 Å². The Morgan fingerprint density at radius 1 is 1.31 bits per heavy atom. The number of carbonyl (C=O) groups is 1. The van der Waals surface area contributed by atoms with E-state index < -0.39 is 17.8 Å². The highest BCUT2D eigenvalue weighted by molar-refractivity contribution is 6.42. The molecule has 1 atom stereocenters. The van der Waals surface area contributed by atoms with Crippen molar-refractivity contribution in [2.75, 3.05) is 5.32 Å². The molecule has 0 radical (unpaired) electrons. The Labute approximate surface area is 158 Å². The largest absolute Gasteiger partial charge is 0.435 e. The van der Waals surface area contributed by atoms with Gasteiger partial charge in [-0.1, -0.05) is 30.1 Å². The maximum atomic E-state index is 12.9. The van der Waals surface area contributed by atoms with Gasteiger partial charge in [0.25, 0.3) is 0 Å². The van der Waals surface area contributed by atoms with Gasteiger partial charge in [-0.05, 0) is 37.1 Å². The van der Waals surface area contributed by atoms with Crippen LogP contribution in [0.1, 0.15) is 37.1 Å². The summed E-state index contributed by atoms with van der Waals surface area (Å²) >= 11 is 11.7. The van der Waals surface area contributed by atoms with Crippen LogP contribution in [0, 0.1) is 5.92 Å². The van der Waals surface area contributed by atoms with Crippen LogP contribution >= 0.6 is 23.2 Å². The van der Waals surface area contributed by atoms with Gasteiger partial charge in [-0.2, -0.15) is 18.3 Å². The first-order chi connectivity index (χ1) is 12.1. The molecule has 1 aliphatic carbocycles. The van der Waals surface area contributed by atoms with Crippen LogP contribution in [0.15, 0.2) is 24.3 Å². The number of anilines is 1. The van der Waals surface area contributed by atoms with Crippen LogP contribution in [0.25, 0.3) is 0 Å². The summed E-state index contributed by atoms with van der Waals surface area (Å²) in [5.41, 5.74) is 0.0816. The summed E-state index contributed by atoms with van der Waals surface area (Å²) in [6.45, 7) is 1.70. The third-order valence-corrected chi connectivity index (χ3v) is 4.92. The molecule has 26 heavy (non-hydrogen) atoms. The molecule has 0 saturated heterocycles. The fourth-order valence-electron chi connectivity index (χ4n) is 2.61. The van der Waals surface area contributed by atoms with E-state index in [1.165, 1.54) is 10.7 Å². The molecule has 140 valence electrons. The standard InChI is InChI=1S/C17H16Cl2F3N3O/c1-9(16(26)23-11-4-5-12(18)13(19)6-11)8-25-14(10-2-3-10)7-15(24-25)17(20,21)22/h4-7,9-10H,2-3,8H2,1H3,(H,23,26). The number of aromatic nitrogens is 2. The zero-order chi connectivity index (χ0) is 19.1. The van der Waals surface area contributed by atoms with Gasteiger partial charge >= 0.3 is 6.18 Å². The van der Waals surface area contributed by atoms with Crippen molar-refractivity contribution in [3.8, 4) is 0 Å². The minimum Gasteiger partial charge on any atom is -0.326 e. The Bertz CT molecular complexity index is 831. The van der Waals surface area contributed by atoms with Gasteiger partial charge in [0.1, 0.15) is 0 Å². The number of hydrogen-bond acceptors (Lipinski definition) is 2. The minimum absolute atomic E-state index is 0.0646. The Kier molecular flexibility index (Phi) is 5.21. The molecule has 0 bridgehead atoms. The van der Waals surface area contributed by atoms with E-state index in [2.05, 4.69) is 10.4 Å². The molecule has 9 heteroatoms. The molecule has 1 N–H and O–H groups in total. The Morgan fingerprint density at radius 3 is 2.58 bits per heavy atom. The van der Waals surface area contributed by atoms with Crippen LogP contribution < -0.4 is 5.32 Å². The number of benzene rings is 1. The summed E-state index contributed by atoms with van der Waals surface area (Å²) in [6.07, 6.45) is -2.82. The Morgan fingerprint density at radius 2 is 2.00 bits per heavy atom. The van der Waals surface area contributed by atoms with Gasteiger partial charge in [0.15, 0.2) is 5.69 Å². The van der Waals surface area contributed by atoms with Gasteiger partial charge in [-0.15, -0.1) is 0 Å². The molecule has 1 heterocycles. The van der Waals surface area contributed by atoms with Crippen molar-refractivity contribution in [1.82, 2.24) is 9.78 Å². The highest BCUT2D eigenvalue weighted by Crippen LogP contribution is 2.42. The SMILES string of the molecule is CC(Cn1nc(C(F)(F)F)cc1C1CC1)C(=O)Nc1ccc(Cl)c(Cl)c1. The summed E-state index contributed by atoms with van der Waals surface area (Å²) in [5.74, 6) is -0.832. The first-order valence-corrected chi connectivity index (χ1v) is 8.81. The third-order valence-electron chi connectivity index (χ3n) is 4.18. The summed E-state index contributed by atoms with van der Waals surface area (Å²) in [7, 11) is 0. The van der Waals surface area contributed by atoms with Crippen molar-refractivity contribution in [2.45, 2.75) is 38.4 Å². The summed E-state index contributed by atoms with van der Waals surface area (Å²) in [5, 5.41) is 7.02. The molecule has 1 fully saturated rings. The number of rotatable bonds is 5. The number of nitrogens with zero attached hydrogens (tertiary/aromatic N) is 2. The van der Waals surface area contributed by atoms with E-state index in [4.69, 9.17) is 23.2 Å². The summed E-state index contributed by atoms with van der Waals surface area (Å²) < 4.78 is 40.1. The lowest BCUT2D eigenvalue weighted by molar-refractivity contribution is -0.141. The number of hydrogen-bond donors (Lipinski definition) is 1. The minimum atomic E-state index is -4.50. The van der Waals surface area contributed by atoms with E-state index in [0.29, 0.717) is 21.4 Å². The smallest absolute Gasteiger partial charge is 0.326 e. The van der Waals surface area contributed by atoms with E-state index in [0.717, 1.165) is 18.9 Å².